The third-order valence-corrected chi connectivity index (χ3v) is 8.11. The second-order valence-corrected chi connectivity index (χ2v) is 10.6. The molecule has 6 rings (SSSR count). The van der Waals surface area contributed by atoms with Gasteiger partial charge in [-0.25, -0.2) is 9.78 Å². The molecule has 0 bridgehead atoms. The van der Waals surface area contributed by atoms with Gasteiger partial charge in [0.1, 0.15) is 17.9 Å². The number of likely N-dealkylation sites (N-methyl/N-ethyl adjacent to an activating group) is 1. The molecule has 0 spiro atoms. The van der Waals surface area contributed by atoms with E-state index in [-0.39, 0.29) is 23.1 Å². The summed E-state index contributed by atoms with van der Waals surface area (Å²) >= 11 is 0. The number of ether oxygens (including phenoxy) is 1. The van der Waals surface area contributed by atoms with Crippen molar-refractivity contribution in [3.05, 3.63) is 58.1 Å². The van der Waals surface area contributed by atoms with Crippen molar-refractivity contribution in [1.29, 1.82) is 0 Å². The van der Waals surface area contributed by atoms with Crippen molar-refractivity contribution in [1.82, 2.24) is 29.3 Å². The summed E-state index contributed by atoms with van der Waals surface area (Å²) in [5.41, 5.74) is 2.08. The number of anilines is 1. The summed E-state index contributed by atoms with van der Waals surface area (Å²) in [4.78, 5) is 45.5. The number of carbonyl (C=O) groups is 1. The van der Waals surface area contributed by atoms with Crippen LogP contribution < -0.4 is 15.2 Å². The van der Waals surface area contributed by atoms with E-state index in [4.69, 9.17) is 14.7 Å². The lowest BCUT2D eigenvalue weighted by Gasteiger charge is -2.34. The molecule has 2 aromatic heterocycles. The van der Waals surface area contributed by atoms with Crippen molar-refractivity contribution < 1.29 is 14.6 Å². The van der Waals surface area contributed by atoms with Gasteiger partial charge in [-0.1, -0.05) is 30.3 Å². The Bertz CT molecular complexity index is 1660. The molecule has 208 valence electrons. The molecule has 2 aliphatic rings. The standard InChI is InChI=1S/C29H33N7O4/c1-18-7-4-8-20-9-5-11-22(23(18)20)36-19(2)30-24-25(27(36)37)31-28(40-17-21-10-6-12-33(21)3)32-26(24)34-13-15-35(16-14-34)29(38)39/h4-5,7-9,11,21H,6,10,12-17H2,1-3H3,(H,38,39). The Morgan fingerprint density at radius 3 is 2.45 bits per heavy atom. The van der Waals surface area contributed by atoms with E-state index in [1.54, 1.807) is 4.57 Å². The van der Waals surface area contributed by atoms with Crippen LogP contribution in [0, 0.1) is 13.8 Å². The van der Waals surface area contributed by atoms with E-state index in [0.29, 0.717) is 49.9 Å². The zero-order chi connectivity index (χ0) is 28.0. The first-order valence-corrected chi connectivity index (χ1v) is 13.7. The molecule has 1 N–H and O–H groups in total. The fourth-order valence-corrected chi connectivity index (χ4v) is 5.87. The van der Waals surface area contributed by atoms with Crippen LogP contribution in [0.25, 0.3) is 27.5 Å². The van der Waals surface area contributed by atoms with Crippen LogP contribution in [-0.2, 0) is 0 Å². The van der Waals surface area contributed by atoms with Gasteiger partial charge < -0.3 is 24.5 Å². The maximum atomic E-state index is 14.2. The highest BCUT2D eigenvalue weighted by Gasteiger charge is 2.27. The normalized spacial score (nSPS) is 18.1. The lowest BCUT2D eigenvalue weighted by Crippen LogP contribution is -2.48. The Hall–Kier alpha value is -4.25. The van der Waals surface area contributed by atoms with Crippen LogP contribution in [0.1, 0.15) is 24.2 Å². The molecule has 1 atom stereocenters. The van der Waals surface area contributed by atoms with Gasteiger partial charge >= 0.3 is 12.1 Å². The molecule has 11 heteroatoms. The Balaban J connectivity index is 1.49. The molecular formula is C29H33N7O4. The smallest absolute Gasteiger partial charge is 0.407 e. The van der Waals surface area contributed by atoms with Gasteiger partial charge in [0, 0.05) is 37.6 Å². The van der Waals surface area contributed by atoms with Crippen molar-refractivity contribution in [2.24, 2.45) is 0 Å². The molecule has 0 aliphatic carbocycles. The van der Waals surface area contributed by atoms with Crippen LogP contribution >= 0.6 is 0 Å². The number of aromatic nitrogens is 4. The third kappa shape index (κ3) is 4.60. The average molecular weight is 544 g/mol. The minimum atomic E-state index is -0.945. The number of rotatable bonds is 5. The highest BCUT2D eigenvalue weighted by Crippen LogP contribution is 2.29. The number of nitrogens with zero attached hydrogens (tertiary/aromatic N) is 7. The monoisotopic (exact) mass is 543 g/mol. The molecule has 1 unspecified atom stereocenters. The van der Waals surface area contributed by atoms with Crippen LogP contribution in [0.2, 0.25) is 0 Å². The molecule has 2 aromatic carbocycles. The summed E-state index contributed by atoms with van der Waals surface area (Å²) in [6.07, 6.45) is 1.20. The molecule has 2 fully saturated rings. The third-order valence-electron chi connectivity index (χ3n) is 8.11. The number of carboxylic acid groups (broad SMARTS) is 1. The van der Waals surface area contributed by atoms with Crippen molar-refractivity contribution in [2.45, 2.75) is 32.7 Å². The zero-order valence-corrected chi connectivity index (χ0v) is 23.0. The molecule has 0 radical (unpaired) electrons. The summed E-state index contributed by atoms with van der Waals surface area (Å²) < 4.78 is 7.72. The fourth-order valence-electron chi connectivity index (χ4n) is 5.87. The van der Waals surface area contributed by atoms with Crippen LogP contribution in [0.4, 0.5) is 10.6 Å². The van der Waals surface area contributed by atoms with Gasteiger partial charge in [-0.15, -0.1) is 0 Å². The maximum Gasteiger partial charge on any atom is 0.407 e. The van der Waals surface area contributed by atoms with Gasteiger partial charge in [0.25, 0.3) is 5.56 Å². The first kappa shape index (κ1) is 26.0. The second-order valence-electron chi connectivity index (χ2n) is 10.6. The molecule has 4 heterocycles. The largest absolute Gasteiger partial charge is 0.465 e. The maximum absolute atomic E-state index is 14.2. The Kier molecular flexibility index (Phi) is 6.75. The van der Waals surface area contributed by atoms with Gasteiger partial charge in [0.2, 0.25) is 0 Å². The van der Waals surface area contributed by atoms with Crippen LogP contribution in [0.3, 0.4) is 0 Å². The number of fused-ring (bicyclic) bond motifs is 2. The highest BCUT2D eigenvalue weighted by atomic mass is 16.5. The number of likely N-dealkylation sites (tertiary alicyclic amines) is 1. The molecule has 11 nitrogen and oxygen atoms in total. The van der Waals surface area contributed by atoms with E-state index in [1.165, 1.54) is 4.90 Å². The van der Waals surface area contributed by atoms with E-state index >= 15 is 0 Å². The topological polar surface area (TPSA) is 117 Å². The van der Waals surface area contributed by atoms with Gasteiger partial charge in [-0.3, -0.25) is 9.36 Å². The minimum Gasteiger partial charge on any atom is -0.465 e. The number of piperazine rings is 1. The first-order valence-electron chi connectivity index (χ1n) is 13.7. The van der Waals surface area contributed by atoms with Gasteiger partial charge in [-0.2, -0.15) is 9.97 Å². The lowest BCUT2D eigenvalue weighted by atomic mass is 10.0. The predicted octanol–water partition coefficient (Wildman–Crippen LogP) is 3.22. The number of hydrogen-bond donors (Lipinski definition) is 1. The second kappa shape index (κ2) is 10.4. The molecule has 2 saturated heterocycles. The quantitative estimate of drug-likeness (QED) is 0.405. The van der Waals surface area contributed by atoms with Gasteiger partial charge in [0.15, 0.2) is 11.3 Å². The number of amides is 1. The lowest BCUT2D eigenvalue weighted by molar-refractivity contribution is 0.142. The number of aryl methyl sites for hydroxylation is 2. The van der Waals surface area contributed by atoms with Gasteiger partial charge in [0.05, 0.1) is 5.69 Å². The van der Waals surface area contributed by atoms with Crippen LogP contribution in [0.5, 0.6) is 6.01 Å². The molecule has 2 aliphatic heterocycles. The van der Waals surface area contributed by atoms with E-state index in [1.807, 2.05) is 55.1 Å². The van der Waals surface area contributed by atoms with Crippen molar-refractivity contribution >= 4 is 33.7 Å². The van der Waals surface area contributed by atoms with E-state index < -0.39 is 6.09 Å². The van der Waals surface area contributed by atoms with Gasteiger partial charge in [-0.05, 0) is 57.3 Å². The van der Waals surface area contributed by atoms with Crippen LogP contribution in [-0.4, -0.2) is 92.9 Å². The summed E-state index contributed by atoms with van der Waals surface area (Å²) in [5, 5.41) is 11.4. The zero-order valence-electron chi connectivity index (χ0n) is 23.0. The summed E-state index contributed by atoms with van der Waals surface area (Å²) in [5.74, 6) is 1.01. The minimum absolute atomic E-state index is 0.131. The van der Waals surface area contributed by atoms with Crippen molar-refractivity contribution in [3.63, 3.8) is 0 Å². The van der Waals surface area contributed by atoms with E-state index in [9.17, 15) is 14.7 Å². The number of hydrogen-bond acceptors (Lipinski definition) is 8. The summed E-state index contributed by atoms with van der Waals surface area (Å²) in [7, 11) is 2.08. The first-order chi connectivity index (χ1) is 19.3. The average Bonchev–Trinajstić information content (AvgIpc) is 3.36. The van der Waals surface area contributed by atoms with Crippen LogP contribution in [0.15, 0.2) is 41.2 Å². The van der Waals surface area contributed by atoms with Crippen molar-refractivity contribution in [2.75, 3.05) is 51.3 Å². The highest BCUT2D eigenvalue weighted by molar-refractivity contribution is 5.94. The van der Waals surface area contributed by atoms with Crippen molar-refractivity contribution in [3.8, 4) is 11.7 Å². The summed E-state index contributed by atoms with van der Waals surface area (Å²) in [6, 6.07) is 12.4. The summed E-state index contributed by atoms with van der Waals surface area (Å²) in [6.45, 7) is 6.79. The fraction of sp³-hybridized carbons (Fsp3) is 0.414. The van der Waals surface area contributed by atoms with E-state index in [2.05, 4.69) is 16.9 Å². The SMILES string of the molecule is Cc1cccc2cccc(-n3c(C)nc4c(N5CCN(C(=O)O)CC5)nc(OCC5CCCN5C)nc4c3=O)c12. The van der Waals surface area contributed by atoms with E-state index in [0.717, 1.165) is 41.4 Å². The Morgan fingerprint density at radius 1 is 1.00 bits per heavy atom. The predicted molar refractivity (Wildman–Crippen MR) is 153 cm³/mol. The Labute approximate surface area is 231 Å². The molecule has 1 amide bonds. The number of benzene rings is 2. The molecule has 40 heavy (non-hydrogen) atoms. The Morgan fingerprint density at radius 2 is 1.75 bits per heavy atom. The molecule has 0 saturated carbocycles. The molecular weight excluding hydrogens is 510 g/mol. The molecule has 4 aromatic rings.